The molecule has 1 heteroatoms. The third-order valence-electron chi connectivity index (χ3n) is 3.29. The first-order valence-electron chi connectivity index (χ1n) is 6.41. The van der Waals surface area contributed by atoms with Crippen molar-refractivity contribution in [3.8, 4) is 0 Å². The molecule has 0 spiro atoms. The van der Waals surface area contributed by atoms with Crippen LogP contribution in [0.3, 0.4) is 0 Å². The van der Waals surface area contributed by atoms with Crippen LogP contribution >= 0.6 is 0 Å². The Hall–Kier alpha value is -2.28. The van der Waals surface area contributed by atoms with Crippen LogP contribution in [0.5, 0.6) is 0 Å². The van der Waals surface area contributed by atoms with Gasteiger partial charge in [-0.1, -0.05) is 61.7 Å². The van der Waals surface area contributed by atoms with Gasteiger partial charge < -0.3 is 4.90 Å². The van der Waals surface area contributed by atoms with E-state index in [1.54, 1.807) is 0 Å². The Morgan fingerprint density at radius 3 is 2.37 bits per heavy atom. The number of benzene rings is 2. The maximum atomic E-state index is 3.93. The molecule has 0 N–H and O–H groups in total. The van der Waals surface area contributed by atoms with Gasteiger partial charge in [-0.3, -0.25) is 0 Å². The van der Waals surface area contributed by atoms with Gasteiger partial charge >= 0.3 is 0 Å². The molecule has 0 saturated carbocycles. The van der Waals surface area contributed by atoms with Crippen LogP contribution < -0.4 is 4.90 Å². The van der Waals surface area contributed by atoms with Crippen molar-refractivity contribution >= 4 is 11.8 Å². The molecule has 2 aromatic rings. The first-order valence-corrected chi connectivity index (χ1v) is 6.41. The van der Waals surface area contributed by atoms with Crippen molar-refractivity contribution in [2.75, 3.05) is 4.90 Å². The van der Waals surface area contributed by atoms with E-state index in [-0.39, 0.29) is 0 Å². The van der Waals surface area contributed by atoms with Crippen LogP contribution in [0.1, 0.15) is 16.7 Å². The molecule has 0 unspecified atom stereocenters. The molecule has 2 rings (SSSR count). The summed E-state index contributed by atoms with van der Waals surface area (Å²) in [6.07, 6.45) is 3.77. The highest BCUT2D eigenvalue weighted by Crippen LogP contribution is 2.25. The zero-order chi connectivity index (χ0) is 13.7. The number of anilines is 1. The molecule has 0 aromatic heterocycles. The molecule has 2 aromatic carbocycles. The fourth-order valence-corrected chi connectivity index (χ4v) is 2.20. The van der Waals surface area contributed by atoms with E-state index in [4.69, 9.17) is 0 Å². The summed E-state index contributed by atoms with van der Waals surface area (Å²) >= 11 is 0. The molecule has 0 atom stereocenters. The molecule has 0 amide bonds. The zero-order valence-corrected chi connectivity index (χ0v) is 11.3. The van der Waals surface area contributed by atoms with E-state index in [0.29, 0.717) is 0 Å². The van der Waals surface area contributed by atoms with E-state index in [2.05, 4.69) is 67.4 Å². The van der Waals surface area contributed by atoms with E-state index >= 15 is 0 Å². The SMILES string of the molecule is C=Cc1cccc(N(C=C)Cc2ccccc2)c1C. The van der Waals surface area contributed by atoms with Crippen molar-refractivity contribution in [1.29, 1.82) is 0 Å². The molecule has 19 heavy (non-hydrogen) atoms. The maximum Gasteiger partial charge on any atom is 0.0475 e. The third-order valence-corrected chi connectivity index (χ3v) is 3.29. The van der Waals surface area contributed by atoms with Gasteiger partial charge in [0.15, 0.2) is 0 Å². The average molecular weight is 249 g/mol. The first kappa shape index (κ1) is 13.2. The Morgan fingerprint density at radius 2 is 1.74 bits per heavy atom. The lowest BCUT2D eigenvalue weighted by atomic mass is 10.1. The van der Waals surface area contributed by atoms with Crippen LogP contribution in [0, 0.1) is 6.92 Å². The van der Waals surface area contributed by atoms with Crippen molar-refractivity contribution in [1.82, 2.24) is 0 Å². The summed E-state index contributed by atoms with van der Waals surface area (Å²) in [4.78, 5) is 2.16. The van der Waals surface area contributed by atoms with Crippen LogP contribution in [0.4, 0.5) is 5.69 Å². The second-order valence-electron chi connectivity index (χ2n) is 4.49. The summed E-state index contributed by atoms with van der Waals surface area (Å²) in [5, 5.41) is 0. The number of rotatable bonds is 5. The monoisotopic (exact) mass is 249 g/mol. The highest BCUT2D eigenvalue weighted by atomic mass is 15.1. The largest absolute Gasteiger partial charge is 0.344 e. The second kappa shape index (κ2) is 6.05. The van der Waals surface area contributed by atoms with Crippen molar-refractivity contribution in [2.24, 2.45) is 0 Å². The maximum absolute atomic E-state index is 3.93. The fourth-order valence-electron chi connectivity index (χ4n) is 2.20. The molecular formula is C18H19N. The van der Waals surface area contributed by atoms with Crippen LogP contribution in [-0.2, 0) is 6.54 Å². The number of hydrogen-bond donors (Lipinski definition) is 0. The molecule has 0 radical (unpaired) electrons. The van der Waals surface area contributed by atoms with Gasteiger partial charge in [0.25, 0.3) is 0 Å². The lowest BCUT2D eigenvalue weighted by molar-refractivity contribution is 0.963. The Labute approximate surface area is 115 Å². The molecule has 0 aliphatic heterocycles. The molecular weight excluding hydrogens is 230 g/mol. The zero-order valence-electron chi connectivity index (χ0n) is 11.3. The summed E-state index contributed by atoms with van der Waals surface area (Å²) in [6, 6.07) is 16.7. The van der Waals surface area contributed by atoms with Crippen molar-refractivity contribution in [3.05, 3.63) is 84.6 Å². The van der Waals surface area contributed by atoms with E-state index in [1.807, 2.05) is 18.3 Å². The molecule has 0 bridgehead atoms. The Morgan fingerprint density at radius 1 is 1.00 bits per heavy atom. The van der Waals surface area contributed by atoms with E-state index < -0.39 is 0 Å². The second-order valence-corrected chi connectivity index (χ2v) is 4.49. The number of hydrogen-bond acceptors (Lipinski definition) is 1. The van der Waals surface area contributed by atoms with Gasteiger partial charge in [-0.05, 0) is 35.9 Å². The van der Waals surface area contributed by atoms with Gasteiger partial charge in [-0.25, -0.2) is 0 Å². The first-order chi connectivity index (χ1) is 9.26. The summed E-state index contributed by atoms with van der Waals surface area (Å²) in [5.74, 6) is 0. The quantitative estimate of drug-likeness (QED) is 0.736. The van der Waals surface area contributed by atoms with E-state index in [0.717, 1.165) is 12.1 Å². The van der Waals surface area contributed by atoms with E-state index in [1.165, 1.54) is 16.8 Å². The van der Waals surface area contributed by atoms with Gasteiger partial charge in [0.2, 0.25) is 0 Å². The standard InChI is InChI=1S/C18H19N/c1-4-17-12-9-13-18(15(17)3)19(5-2)14-16-10-7-6-8-11-16/h4-13H,1-2,14H2,3H3. The molecule has 1 nitrogen and oxygen atoms in total. The van der Waals surface area contributed by atoms with Gasteiger partial charge in [0, 0.05) is 12.2 Å². The normalized spacial score (nSPS) is 9.95. The minimum absolute atomic E-state index is 0.825. The molecule has 0 aliphatic carbocycles. The molecule has 0 saturated heterocycles. The Bertz CT molecular complexity index is 569. The predicted molar refractivity (Wildman–Crippen MR) is 84.1 cm³/mol. The topological polar surface area (TPSA) is 3.24 Å². The van der Waals surface area contributed by atoms with E-state index in [9.17, 15) is 0 Å². The van der Waals surface area contributed by atoms with Crippen molar-refractivity contribution < 1.29 is 0 Å². The summed E-state index contributed by atoms with van der Waals surface area (Å²) < 4.78 is 0. The molecule has 0 fully saturated rings. The Balaban J connectivity index is 2.32. The van der Waals surface area contributed by atoms with Crippen LogP contribution in [0.15, 0.2) is 67.9 Å². The molecule has 0 heterocycles. The molecule has 96 valence electrons. The Kier molecular flexibility index (Phi) is 4.19. The highest BCUT2D eigenvalue weighted by molar-refractivity contribution is 5.65. The predicted octanol–water partition coefficient (Wildman–Crippen LogP) is 4.79. The lowest BCUT2D eigenvalue weighted by Gasteiger charge is -2.23. The van der Waals surface area contributed by atoms with Gasteiger partial charge in [0.05, 0.1) is 0 Å². The fraction of sp³-hybridized carbons (Fsp3) is 0.111. The van der Waals surface area contributed by atoms with Crippen molar-refractivity contribution in [2.45, 2.75) is 13.5 Å². The molecule has 0 aliphatic rings. The van der Waals surface area contributed by atoms with Gasteiger partial charge in [-0.15, -0.1) is 0 Å². The summed E-state index contributed by atoms with van der Waals surface area (Å²) in [7, 11) is 0. The average Bonchev–Trinajstić information content (AvgIpc) is 2.46. The highest BCUT2D eigenvalue weighted by Gasteiger charge is 2.08. The minimum atomic E-state index is 0.825. The van der Waals surface area contributed by atoms with Gasteiger partial charge in [-0.2, -0.15) is 0 Å². The van der Waals surface area contributed by atoms with Gasteiger partial charge in [0.1, 0.15) is 0 Å². The summed E-state index contributed by atoms with van der Waals surface area (Å²) in [5.41, 5.74) is 4.84. The van der Waals surface area contributed by atoms with Crippen LogP contribution in [-0.4, -0.2) is 0 Å². The van der Waals surface area contributed by atoms with Crippen LogP contribution in [0.25, 0.3) is 6.08 Å². The van der Waals surface area contributed by atoms with Crippen molar-refractivity contribution in [3.63, 3.8) is 0 Å². The number of nitrogens with zero attached hydrogens (tertiary/aromatic N) is 1. The summed E-state index contributed by atoms with van der Waals surface area (Å²) in [6.45, 7) is 10.7. The minimum Gasteiger partial charge on any atom is -0.344 e. The lowest BCUT2D eigenvalue weighted by Crippen LogP contribution is -2.16. The smallest absolute Gasteiger partial charge is 0.0475 e. The third kappa shape index (κ3) is 2.94. The van der Waals surface area contributed by atoms with Crippen LogP contribution in [0.2, 0.25) is 0 Å².